The van der Waals surface area contributed by atoms with Gasteiger partial charge in [0.05, 0.1) is 5.56 Å². The molecule has 2 N–H and O–H groups in total. The monoisotopic (exact) mass is 320 g/mol. The van der Waals surface area contributed by atoms with Crippen LogP contribution in [0.25, 0.3) is 0 Å². The molecule has 0 saturated carbocycles. The Labute approximate surface area is 127 Å². The van der Waals surface area contributed by atoms with Crippen LogP contribution in [-0.2, 0) is 0 Å². The minimum absolute atomic E-state index is 0.00174. The predicted molar refractivity (Wildman–Crippen MR) is 77.9 cm³/mol. The molecule has 1 aromatic rings. The van der Waals surface area contributed by atoms with E-state index >= 15 is 0 Å². The maximum atomic E-state index is 12.4. The Morgan fingerprint density at radius 3 is 2.62 bits per heavy atom. The van der Waals surface area contributed by atoms with Crippen LogP contribution in [0.15, 0.2) is 18.2 Å². The van der Waals surface area contributed by atoms with E-state index in [1.165, 1.54) is 23.1 Å². The zero-order valence-electron chi connectivity index (χ0n) is 12.2. The maximum absolute atomic E-state index is 12.4. The summed E-state index contributed by atoms with van der Waals surface area (Å²) in [7, 11) is 1.58. The Morgan fingerprint density at radius 1 is 1.48 bits per heavy atom. The van der Waals surface area contributed by atoms with Crippen molar-refractivity contribution in [2.45, 2.75) is 20.5 Å². The molecule has 4 nitrogen and oxygen atoms in total. The molecule has 0 unspecified atom stereocenters. The first kappa shape index (κ1) is 17.7. The van der Waals surface area contributed by atoms with Gasteiger partial charge in [-0.1, -0.05) is 25.4 Å². The van der Waals surface area contributed by atoms with Crippen LogP contribution in [0.2, 0.25) is 5.02 Å². The van der Waals surface area contributed by atoms with E-state index in [2.05, 4.69) is 4.74 Å². The highest BCUT2D eigenvalue weighted by Gasteiger charge is 2.24. The lowest BCUT2D eigenvalue weighted by Crippen LogP contribution is -2.39. The summed E-state index contributed by atoms with van der Waals surface area (Å²) in [5.41, 5.74) is 5.34. The lowest BCUT2D eigenvalue weighted by Gasteiger charge is -2.29. The molecule has 0 aliphatic rings. The summed E-state index contributed by atoms with van der Waals surface area (Å²) in [6, 6.07) is 3.96. The Morgan fingerprint density at radius 2 is 2.10 bits per heavy atom. The molecule has 0 bridgehead atoms. The Bertz CT molecular complexity index is 510. The lowest BCUT2D eigenvalue weighted by atomic mass is 9.93. The molecular weight excluding hydrogens is 302 g/mol. The summed E-state index contributed by atoms with van der Waals surface area (Å²) >= 11 is 5.83. The van der Waals surface area contributed by atoms with Gasteiger partial charge < -0.3 is 15.4 Å². The Kier molecular flexibility index (Phi) is 5.92. The van der Waals surface area contributed by atoms with Gasteiger partial charge in [0.2, 0.25) is 0 Å². The number of carbonyl (C=O) groups is 1. The number of nitrogens with zero attached hydrogens (tertiary/aromatic N) is 1. The van der Waals surface area contributed by atoms with Gasteiger partial charge in [0.25, 0.3) is 5.91 Å². The van der Waals surface area contributed by atoms with Gasteiger partial charge >= 0.3 is 6.61 Å². The lowest BCUT2D eigenvalue weighted by molar-refractivity contribution is -0.0502. The molecule has 21 heavy (non-hydrogen) atoms. The molecule has 7 heteroatoms. The van der Waals surface area contributed by atoms with E-state index < -0.39 is 12.5 Å². The van der Waals surface area contributed by atoms with Crippen LogP contribution in [0.1, 0.15) is 24.2 Å². The summed E-state index contributed by atoms with van der Waals surface area (Å²) in [5.74, 6) is -0.647. The molecule has 1 rings (SSSR count). The number of hydrogen-bond donors (Lipinski definition) is 1. The summed E-state index contributed by atoms with van der Waals surface area (Å²) in [6.45, 7) is 1.57. The molecular formula is C14H19ClF2N2O2. The number of amides is 1. The average molecular weight is 321 g/mol. The van der Waals surface area contributed by atoms with Gasteiger partial charge in [-0.3, -0.25) is 4.79 Å². The third-order valence-corrected chi connectivity index (χ3v) is 3.19. The summed E-state index contributed by atoms with van der Waals surface area (Å²) < 4.78 is 29.2. The molecule has 0 aliphatic carbocycles. The first-order chi connectivity index (χ1) is 9.66. The second kappa shape index (κ2) is 7.04. The molecule has 0 spiro atoms. The summed E-state index contributed by atoms with van der Waals surface area (Å²) in [5, 5.41) is 0.270. The van der Waals surface area contributed by atoms with Gasteiger partial charge in [-0.25, -0.2) is 0 Å². The number of hydrogen-bond acceptors (Lipinski definition) is 3. The van der Waals surface area contributed by atoms with E-state index in [0.717, 1.165) is 0 Å². The molecule has 0 heterocycles. The Balaban J connectivity index is 3.02. The second-order valence-corrected chi connectivity index (χ2v) is 5.98. The average Bonchev–Trinajstić information content (AvgIpc) is 2.39. The standard InChI is InChI=1S/C14H19ClF2N2O2/c1-14(2,7-18)8-19(3)12(20)10-6-9(15)4-5-11(10)21-13(16)17/h4-6,13H,7-8,18H2,1-3H3. The molecule has 1 aromatic carbocycles. The SMILES string of the molecule is CN(CC(C)(C)CN)C(=O)c1cc(Cl)ccc1OC(F)F. The van der Waals surface area contributed by atoms with Crippen LogP contribution < -0.4 is 10.5 Å². The molecule has 0 fully saturated rings. The van der Waals surface area contributed by atoms with Gasteiger partial charge in [-0.05, 0) is 30.2 Å². The molecule has 0 saturated heterocycles. The van der Waals surface area contributed by atoms with Crippen molar-refractivity contribution in [2.24, 2.45) is 11.1 Å². The first-order valence-corrected chi connectivity index (χ1v) is 6.74. The third kappa shape index (κ3) is 5.13. The van der Waals surface area contributed by atoms with Gasteiger partial charge in [0, 0.05) is 18.6 Å². The predicted octanol–water partition coefficient (Wildman–Crippen LogP) is 3.00. The number of halogens is 3. The third-order valence-electron chi connectivity index (χ3n) is 2.95. The largest absolute Gasteiger partial charge is 0.434 e. The van der Waals surface area contributed by atoms with Crippen molar-refractivity contribution in [1.29, 1.82) is 0 Å². The molecule has 0 aromatic heterocycles. The van der Waals surface area contributed by atoms with Crippen molar-refractivity contribution in [3.05, 3.63) is 28.8 Å². The highest BCUT2D eigenvalue weighted by molar-refractivity contribution is 6.31. The van der Waals surface area contributed by atoms with Crippen LogP contribution in [0.3, 0.4) is 0 Å². The van der Waals surface area contributed by atoms with Gasteiger partial charge in [0.15, 0.2) is 0 Å². The number of ether oxygens (including phenoxy) is 1. The minimum Gasteiger partial charge on any atom is -0.434 e. The number of nitrogens with two attached hydrogens (primary N) is 1. The van der Waals surface area contributed by atoms with Crippen LogP contribution in [-0.4, -0.2) is 37.6 Å². The molecule has 0 atom stereocenters. The second-order valence-electron chi connectivity index (χ2n) is 5.55. The number of rotatable bonds is 6. The highest BCUT2D eigenvalue weighted by atomic mass is 35.5. The Hall–Kier alpha value is -1.40. The van der Waals surface area contributed by atoms with E-state index in [9.17, 15) is 13.6 Å². The van der Waals surface area contributed by atoms with E-state index in [0.29, 0.717) is 13.1 Å². The molecule has 1 amide bonds. The molecule has 118 valence electrons. The van der Waals surface area contributed by atoms with Gasteiger partial charge in [-0.15, -0.1) is 0 Å². The van der Waals surface area contributed by atoms with Crippen molar-refractivity contribution in [2.75, 3.05) is 20.1 Å². The van der Waals surface area contributed by atoms with E-state index in [-0.39, 0.29) is 21.8 Å². The van der Waals surface area contributed by atoms with E-state index in [1.54, 1.807) is 7.05 Å². The summed E-state index contributed by atoms with van der Waals surface area (Å²) in [6.07, 6.45) is 0. The van der Waals surface area contributed by atoms with Crippen LogP contribution >= 0.6 is 11.6 Å². The van der Waals surface area contributed by atoms with Crippen molar-refractivity contribution < 1.29 is 18.3 Å². The quantitative estimate of drug-likeness (QED) is 0.876. The highest BCUT2D eigenvalue weighted by Crippen LogP contribution is 2.26. The molecule has 0 aliphatic heterocycles. The van der Waals surface area contributed by atoms with Crippen molar-refractivity contribution in [3.8, 4) is 5.75 Å². The number of benzene rings is 1. The van der Waals surface area contributed by atoms with Crippen molar-refractivity contribution >= 4 is 17.5 Å². The smallest absolute Gasteiger partial charge is 0.387 e. The zero-order chi connectivity index (χ0) is 16.2. The number of alkyl halides is 2. The fourth-order valence-corrected chi connectivity index (χ4v) is 2.02. The minimum atomic E-state index is -3.01. The van der Waals surface area contributed by atoms with Gasteiger partial charge in [-0.2, -0.15) is 8.78 Å². The normalized spacial score (nSPS) is 11.6. The first-order valence-electron chi connectivity index (χ1n) is 6.36. The maximum Gasteiger partial charge on any atom is 0.387 e. The van der Waals surface area contributed by atoms with Crippen molar-refractivity contribution in [1.82, 2.24) is 4.90 Å². The fourth-order valence-electron chi connectivity index (χ4n) is 1.85. The topological polar surface area (TPSA) is 55.6 Å². The van der Waals surface area contributed by atoms with E-state index in [4.69, 9.17) is 17.3 Å². The van der Waals surface area contributed by atoms with Crippen LogP contribution in [0.5, 0.6) is 5.75 Å². The zero-order valence-corrected chi connectivity index (χ0v) is 13.0. The van der Waals surface area contributed by atoms with Gasteiger partial charge in [0.1, 0.15) is 5.75 Å². The van der Waals surface area contributed by atoms with E-state index in [1.807, 2.05) is 13.8 Å². The van der Waals surface area contributed by atoms with Crippen LogP contribution in [0, 0.1) is 5.41 Å². The summed E-state index contributed by atoms with van der Waals surface area (Å²) in [4.78, 5) is 13.8. The van der Waals surface area contributed by atoms with Crippen molar-refractivity contribution in [3.63, 3.8) is 0 Å². The number of carbonyl (C=O) groups excluding carboxylic acids is 1. The molecule has 0 radical (unpaired) electrons. The van der Waals surface area contributed by atoms with Crippen LogP contribution in [0.4, 0.5) is 8.78 Å². The fraction of sp³-hybridized carbons (Fsp3) is 0.500.